The van der Waals surface area contributed by atoms with Gasteiger partial charge in [-0.2, -0.15) is 0 Å². The minimum Gasteiger partial charge on any atom is -0.0891 e. The molecular weight excluding hydrogens is 104 g/mol. The molecule has 0 bridgehead atoms. The Hall–Kier alpha value is -0.0400. The summed E-state index contributed by atoms with van der Waals surface area (Å²) in [6.07, 6.45) is 2.00. The molecule has 0 nitrogen and oxygen atoms in total. The summed E-state index contributed by atoms with van der Waals surface area (Å²) in [5.74, 6) is 0. The first-order valence-electron chi connectivity index (χ1n) is 2.36. The van der Waals surface area contributed by atoms with E-state index < -0.39 is 0 Å². The molecule has 7 heavy (non-hydrogen) atoms. The van der Waals surface area contributed by atoms with Crippen LogP contribution in [0.15, 0.2) is 11.5 Å². The monoisotopic (exact) mass is 115 g/mol. The van der Waals surface area contributed by atoms with Gasteiger partial charge in [-0.3, -0.25) is 0 Å². The zero-order valence-electron chi connectivity index (χ0n) is 5.06. The lowest BCUT2D eigenvalue weighted by Gasteiger charge is -2.08. The van der Waals surface area contributed by atoms with Gasteiger partial charge in [0, 0.05) is 0 Å². The van der Waals surface area contributed by atoms with Gasteiger partial charge in [0.15, 0.2) is 0 Å². The highest BCUT2D eigenvalue weighted by molar-refractivity contribution is 7.83. The number of allylic oxidation sites excluding steroid dienone is 1. The van der Waals surface area contributed by atoms with E-state index in [0.717, 1.165) is 0 Å². The summed E-state index contributed by atoms with van der Waals surface area (Å²) in [6.45, 7) is 6.36. The van der Waals surface area contributed by atoms with Crippen molar-refractivity contribution in [3.8, 4) is 0 Å². The van der Waals surface area contributed by atoms with Crippen LogP contribution in [0.25, 0.3) is 0 Å². The van der Waals surface area contributed by atoms with Crippen LogP contribution in [0, 0.1) is 5.41 Å². The fourth-order valence-electron chi connectivity index (χ4n) is 0.204. The van der Waals surface area contributed by atoms with Crippen LogP contribution in [0.1, 0.15) is 20.8 Å². The molecule has 0 aromatic rings. The standard InChI is InChI=1S/C6H11S/c1-6(2,3)4-5-7/h4-5H,1-3H3. The van der Waals surface area contributed by atoms with Gasteiger partial charge < -0.3 is 0 Å². The molecule has 0 N–H and O–H groups in total. The average molecular weight is 115 g/mol. The molecule has 0 rings (SSSR count). The molecule has 0 saturated carbocycles. The van der Waals surface area contributed by atoms with Crippen LogP contribution in [0.3, 0.4) is 0 Å². The Labute approximate surface area is 51.0 Å². The Morgan fingerprint density at radius 3 is 1.71 bits per heavy atom. The van der Waals surface area contributed by atoms with Crippen molar-refractivity contribution in [1.29, 1.82) is 0 Å². The van der Waals surface area contributed by atoms with Crippen molar-refractivity contribution >= 4 is 12.6 Å². The average Bonchev–Trinajstić information content (AvgIpc) is 1.30. The lowest BCUT2D eigenvalue weighted by atomic mass is 9.98. The Kier molecular flexibility index (Phi) is 2.30. The topological polar surface area (TPSA) is 0 Å². The van der Waals surface area contributed by atoms with Gasteiger partial charge in [-0.05, 0) is 10.8 Å². The Bertz CT molecular complexity index is 66.7. The number of hydrogen-bond donors (Lipinski definition) is 0. The summed E-state index contributed by atoms with van der Waals surface area (Å²) in [5, 5.41) is 1.67. The second-order valence-corrected chi connectivity index (χ2v) is 2.94. The molecule has 0 heterocycles. The predicted octanol–water partition coefficient (Wildman–Crippen LogP) is 2.74. The molecule has 1 radical (unpaired) electrons. The summed E-state index contributed by atoms with van der Waals surface area (Å²) in [4.78, 5) is 0. The minimum atomic E-state index is 0.266. The van der Waals surface area contributed by atoms with Gasteiger partial charge in [0.1, 0.15) is 0 Å². The summed E-state index contributed by atoms with van der Waals surface area (Å²) >= 11 is 4.62. The largest absolute Gasteiger partial charge is 0.0891 e. The summed E-state index contributed by atoms with van der Waals surface area (Å²) in [5.41, 5.74) is 0.266. The first-order chi connectivity index (χ1) is 3.06. The van der Waals surface area contributed by atoms with Crippen molar-refractivity contribution in [3.05, 3.63) is 11.5 Å². The van der Waals surface area contributed by atoms with E-state index in [-0.39, 0.29) is 5.41 Å². The molecule has 41 valence electrons. The number of hydrogen-bond acceptors (Lipinski definition) is 0. The summed E-state index contributed by atoms with van der Waals surface area (Å²) in [6, 6.07) is 0. The maximum absolute atomic E-state index is 4.62. The van der Waals surface area contributed by atoms with Crippen LogP contribution in [0.2, 0.25) is 0 Å². The van der Waals surface area contributed by atoms with E-state index in [2.05, 4.69) is 33.4 Å². The van der Waals surface area contributed by atoms with E-state index in [1.807, 2.05) is 6.08 Å². The highest BCUT2D eigenvalue weighted by atomic mass is 32.1. The fourth-order valence-corrected chi connectivity index (χ4v) is 0.612. The van der Waals surface area contributed by atoms with Gasteiger partial charge in [-0.1, -0.05) is 39.5 Å². The third kappa shape index (κ3) is 5.96. The zero-order chi connectivity index (χ0) is 5.91. The molecule has 0 spiro atoms. The predicted molar refractivity (Wildman–Crippen MR) is 36.2 cm³/mol. The number of rotatable bonds is 0. The second-order valence-electron chi connectivity index (χ2n) is 2.67. The van der Waals surface area contributed by atoms with E-state index in [9.17, 15) is 0 Å². The van der Waals surface area contributed by atoms with Gasteiger partial charge >= 0.3 is 0 Å². The van der Waals surface area contributed by atoms with Crippen molar-refractivity contribution in [2.45, 2.75) is 20.8 Å². The molecule has 0 aliphatic heterocycles. The zero-order valence-corrected chi connectivity index (χ0v) is 5.88. The van der Waals surface area contributed by atoms with Crippen LogP contribution in [-0.2, 0) is 0 Å². The maximum Gasteiger partial charge on any atom is -0.00212 e. The Balaban J connectivity index is 3.56. The first kappa shape index (κ1) is 6.96. The molecule has 0 atom stereocenters. The van der Waals surface area contributed by atoms with Gasteiger partial charge in [0.2, 0.25) is 0 Å². The van der Waals surface area contributed by atoms with E-state index in [0.29, 0.717) is 0 Å². The van der Waals surface area contributed by atoms with Crippen molar-refractivity contribution in [3.63, 3.8) is 0 Å². The second kappa shape index (κ2) is 2.31. The molecule has 0 fully saturated rings. The highest BCUT2D eigenvalue weighted by Crippen LogP contribution is 2.14. The molecular formula is C6H11S. The first-order valence-corrected chi connectivity index (χ1v) is 2.83. The lowest BCUT2D eigenvalue weighted by molar-refractivity contribution is 0.545. The quantitative estimate of drug-likeness (QED) is 0.455. The SMILES string of the molecule is CC(C)(C)C=C[S]. The third-order valence-electron chi connectivity index (χ3n) is 0.568. The normalized spacial score (nSPS) is 13.0. The third-order valence-corrected chi connectivity index (χ3v) is 0.704. The van der Waals surface area contributed by atoms with Crippen molar-refractivity contribution in [2.24, 2.45) is 5.41 Å². The fraction of sp³-hybridized carbons (Fsp3) is 0.667. The maximum atomic E-state index is 4.62. The lowest BCUT2D eigenvalue weighted by Crippen LogP contribution is -1.97. The van der Waals surface area contributed by atoms with Gasteiger partial charge in [-0.15, -0.1) is 0 Å². The van der Waals surface area contributed by atoms with Crippen LogP contribution in [0.5, 0.6) is 0 Å². The molecule has 0 aromatic carbocycles. The van der Waals surface area contributed by atoms with Gasteiger partial charge in [0.25, 0.3) is 0 Å². The minimum absolute atomic E-state index is 0.266. The molecule has 1 heteroatoms. The van der Waals surface area contributed by atoms with Crippen LogP contribution in [-0.4, -0.2) is 0 Å². The van der Waals surface area contributed by atoms with Gasteiger partial charge in [-0.25, -0.2) is 0 Å². The van der Waals surface area contributed by atoms with E-state index in [1.54, 1.807) is 5.41 Å². The Morgan fingerprint density at radius 2 is 1.71 bits per heavy atom. The molecule has 0 aliphatic carbocycles. The molecule has 0 aliphatic rings. The van der Waals surface area contributed by atoms with Crippen LogP contribution >= 0.6 is 12.6 Å². The molecule has 0 amide bonds. The smallest absolute Gasteiger partial charge is 0.00212 e. The molecule has 0 saturated heterocycles. The van der Waals surface area contributed by atoms with Crippen molar-refractivity contribution < 1.29 is 0 Å². The van der Waals surface area contributed by atoms with E-state index in [4.69, 9.17) is 0 Å². The summed E-state index contributed by atoms with van der Waals surface area (Å²) < 4.78 is 0. The van der Waals surface area contributed by atoms with E-state index >= 15 is 0 Å². The highest BCUT2D eigenvalue weighted by Gasteiger charge is 2.01. The summed E-state index contributed by atoms with van der Waals surface area (Å²) in [7, 11) is 0. The molecule has 0 unspecified atom stereocenters. The Morgan fingerprint density at radius 1 is 1.29 bits per heavy atom. The van der Waals surface area contributed by atoms with Gasteiger partial charge in [0.05, 0.1) is 0 Å². The van der Waals surface area contributed by atoms with Crippen LogP contribution < -0.4 is 0 Å². The molecule has 0 aromatic heterocycles. The van der Waals surface area contributed by atoms with Crippen molar-refractivity contribution in [1.82, 2.24) is 0 Å². The van der Waals surface area contributed by atoms with E-state index in [1.165, 1.54) is 0 Å². The van der Waals surface area contributed by atoms with Crippen LogP contribution in [0.4, 0.5) is 0 Å². The van der Waals surface area contributed by atoms with Crippen molar-refractivity contribution in [2.75, 3.05) is 0 Å².